The summed E-state index contributed by atoms with van der Waals surface area (Å²) in [6, 6.07) is 5.64. The van der Waals surface area contributed by atoms with E-state index in [1.165, 1.54) is 0 Å². The Bertz CT molecular complexity index is 943. The van der Waals surface area contributed by atoms with Crippen LogP contribution in [0.15, 0.2) is 47.6 Å². The number of carbonyl (C=O) groups excluding carboxylic acids is 1. The molecule has 1 amide bonds. The zero-order valence-electron chi connectivity index (χ0n) is 15.7. The van der Waals surface area contributed by atoms with Gasteiger partial charge in [0.2, 0.25) is 5.91 Å². The number of aromatic nitrogens is 4. The summed E-state index contributed by atoms with van der Waals surface area (Å²) in [5.41, 5.74) is 3.11. The fraction of sp³-hybridized carbons (Fsp3) is 0.350. The van der Waals surface area contributed by atoms with Crippen molar-refractivity contribution in [2.45, 2.75) is 25.7 Å². The Morgan fingerprint density at radius 2 is 2.18 bits per heavy atom. The van der Waals surface area contributed by atoms with Crippen molar-refractivity contribution in [3.05, 3.63) is 54.6 Å². The molecule has 0 unspecified atom stereocenters. The van der Waals surface area contributed by atoms with Gasteiger partial charge in [0.05, 0.1) is 12.2 Å². The molecule has 0 saturated carbocycles. The average molecular weight is 378 g/mol. The molecular weight excluding hydrogens is 356 g/mol. The van der Waals surface area contributed by atoms with Crippen molar-refractivity contribution in [3.63, 3.8) is 0 Å². The number of hydrogen-bond donors (Lipinski definition) is 1. The van der Waals surface area contributed by atoms with Gasteiger partial charge in [-0.15, -0.1) is 0 Å². The summed E-state index contributed by atoms with van der Waals surface area (Å²) in [7, 11) is 0. The quantitative estimate of drug-likeness (QED) is 0.729. The maximum Gasteiger partial charge on any atom is 0.239 e. The van der Waals surface area contributed by atoms with Crippen LogP contribution in [-0.2, 0) is 4.79 Å². The number of likely N-dealkylation sites (tertiary alicyclic amines) is 1. The minimum absolute atomic E-state index is 0.0917. The van der Waals surface area contributed by atoms with Crippen LogP contribution in [0.4, 0.5) is 5.82 Å². The number of carbonyl (C=O) groups is 1. The molecule has 0 bridgehead atoms. The van der Waals surface area contributed by atoms with Crippen LogP contribution < -0.4 is 5.32 Å². The van der Waals surface area contributed by atoms with Gasteiger partial charge >= 0.3 is 0 Å². The topological polar surface area (TPSA) is 97.0 Å². The Kier molecular flexibility index (Phi) is 5.38. The molecule has 144 valence electrons. The molecule has 0 aliphatic carbocycles. The molecule has 3 aromatic heterocycles. The van der Waals surface area contributed by atoms with E-state index in [-0.39, 0.29) is 11.8 Å². The lowest BCUT2D eigenvalue weighted by Crippen LogP contribution is -2.40. The summed E-state index contributed by atoms with van der Waals surface area (Å²) in [4.78, 5) is 27.4. The number of pyridine rings is 1. The third-order valence-corrected chi connectivity index (χ3v) is 4.89. The van der Waals surface area contributed by atoms with Gasteiger partial charge in [-0.25, -0.2) is 9.97 Å². The van der Waals surface area contributed by atoms with E-state index in [4.69, 9.17) is 4.52 Å². The average Bonchev–Trinajstić information content (AvgIpc) is 3.13. The minimum atomic E-state index is -0.0917. The van der Waals surface area contributed by atoms with E-state index in [0.29, 0.717) is 18.1 Å². The van der Waals surface area contributed by atoms with Crippen LogP contribution in [-0.4, -0.2) is 50.5 Å². The zero-order chi connectivity index (χ0) is 19.3. The Hall–Kier alpha value is -3.13. The summed E-state index contributed by atoms with van der Waals surface area (Å²) in [6.07, 6.45) is 9.05. The summed E-state index contributed by atoms with van der Waals surface area (Å²) in [5.74, 6) is 1.28. The number of aryl methyl sites for hydroxylation is 1. The molecule has 1 N–H and O–H groups in total. The van der Waals surface area contributed by atoms with Crippen LogP contribution in [0.5, 0.6) is 0 Å². The van der Waals surface area contributed by atoms with Gasteiger partial charge in [0.15, 0.2) is 5.82 Å². The predicted molar refractivity (Wildman–Crippen MR) is 104 cm³/mol. The molecule has 0 aromatic carbocycles. The molecule has 1 atom stereocenters. The van der Waals surface area contributed by atoms with Crippen molar-refractivity contribution in [1.82, 2.24) is 25.0 Å². The van der Waals surface area contributed by atoms with E-state index in [2.05, 4.69) is 30.3 Å². The van der Waals surface area contributed by atoms with Gasteiger partial charge in [-0.3, -0.25) is 14.7 Å². The van der Waals surface area contributed by atoms with Gasteiger partial charge in [-0.2, -0.15) is 0 Å². The predicted octanol–water partition coefficient (Wildman–Crippen LogP) is 2.65. The molecular formula is C20H22N6O2. The molecule has 8 nitrogen and oxygen atoms in total. The van der Waals surface area contributed by atoms with Gasteiger partial charge in [0.1, 0.15) is 12.1 Å². The first-order valence-electron chi connectivity index (χ1n) is 9.35. The first kappa shape index (κ1) is 18.2. The van der Waals surface area contributed by atoms with Crippen molar-refractivity contribution >= 4 is 11.7 Å². The van der Waals surface area contributed by atoms with Gasteiger partial charge in [0.25, 0.3) is 0 Å². The van der Waals surface area contributed by atoms with Gasteiger partial charge in [0, 0.05) is 42.7 Å². The molecule has 1 aliphatic rings. The number of anilines is 1. The monoisotopic (exact) mass is 378 g/mol. The highest BCUT2D eigenvalue weighted by atomic mass is 16.5. The summed E-state index contributed by atoms with van der Waals surface area (Å²) < 4.78 is 4.99. The maximum atomic E-state index is 12.4. The van der Waals surface area contributed by atoms with Crippen molar-refractivity contribution in [1.29, 1.82) is 0 Å². The number of nitrogens with one attached hydrogen (secondary N) is 1. The molecule has 0 spiro atoms. The lowest BCUT2D eigenvalue weighted by molar-refractivity contribution is -0.117. The molecule has 3 aromatic rings. The zero-order valence-corrected chi connectivity index (χ0v) is 15.7. The molecule has 1 aliphatic heterocycles. The van der Waals surface area contributed by atoms with Crippen molar-refractivity contribution < 1.29 is 9.32 Å². The fourth-order valence-electron chi connectivity index (χ4n) is 3.65. The standard InChI is InChI=1S/C20H22N6O2/c1-14-9-18(25-28-14)24-19(27)12-26-8-2-3-16(11-26)20-17(10-22-13-23-20)15-4-6-21-7-5-15/h4-7,9-10,13,16H,2-3,8,11-12H2,1H3,(H,24,25,27)/t16-/m1/s1. The summed E-state index contributed by atoms with van der Waals surface area (Å²) in [5, 5.41) is 6.59. The van der Waals surface area contributed by atoms with Gasteiger partial charge in [-0.05, 0) is 44.0 Å². The summed E-state index contributed by atoms with van der Waals surface area (Å²) >= 11 is 0. The minimum Gasteiger partial charge on any atom is -0.360 e. The number of amides is 1. The number of nitrogens with zero attached hydrogens (tertiary/aromatic N) is 5. The van der Waals surface area contributed by atoms with Crippen LogP contribution in [0.2, 0.25) is 0 Å². The van der Waals surface area contributed by atoms with Crippen LogP contribution in [0.1, 0.15) is 30.2 Å². The van der Waals surface area contributed by atoms with E-state index < -0.39 is 0 Å². The second-order valence-corrected chi connectivity index (χ2v) is 7.00. The number of piperidine rings is 1. The SMILES string of the molecule is Cc1cc(NC(=O)CN2CCC[C@@H](c3ncncc3-c3ccncc3)C2)no1. The lowest BCUT2D eigenvalue weighted by atomic mass is 9.90. The third kappa shape index (κ3) is 4.23. The van der Waals surface area contributed by atoms with Crippen molar-refractivity contribution in [3.8, 4) is 11.1 Å². The smallest absolute Gasteiger partial charge is 0.239 e. The molecule has 1 saturated heterocycles. The van der Waals surface area contributed by atoms with E-state index in [0.717, 1.165) is 42.8 Å². The molecule has 28 heavy (non-hydrogen) atoms. The number of hydrogen-bond acceptors (Lipinski definition) is 7. The Labute approximate surface area is 163 Å². The van der Waals surface area contributed by atoms with Crippen LogP contribution in [0, 0.1) is 6.92 Å². The molecule has 8 heteroatoms. The first-order valence-corrected chi connectivity index (χ1v) is 9.35. The molecule has 1 fully saturated rings. The second kappa shape index (κ2) is 8.26. The largest absolute Gasteiger partial charge is 0.360 e. The summed E-state index contributed by atoms with van der Waals surface area (Å²) in [6.45, 7) is 3.77. The maximum absolute atomic E-state index is 12.4. The molecule has 4 rings (SSSR count). The van der Waals surface area contributed by atoms with Gasteiger partial charge in [-0.1, -0.05) is 5.16 Å². The molecule has 4 heterocycles. The van der Waals surface area contributed by atoms with Gasteiger partial charge < -0.3 is 9.84 Å². The van der Waals surface area contributed by atoms with Crippen LogP contribution in [0.3, 0.4) is 0 Å². The highest BCUT2D eigenvalue weighted by molar-refractivity contribution is 5.91. The lowest BCUT2D eigenvalue weighted by Gasteiger charge is -2.32. The second-order valence-electron chi connectivity index (χ2n) is 7.00. The third-order valence-electron chi connectivity index (χ3n) is 4.89. The molecule has 0 radical (unpaired) electrons. The van der Waals surface area contributed by atoms with E-state index >= 15 is 0 Å². The highest BCUT2D eigenvalue weighted by Crippen LogP contribution is 2.32. The Balaban J connectivity index is 1.45. The van der Waals surface area contributed by atoms with E-state index in [9.17, 15) is 4.79 Å². The van der Waals surface area contributed by atoms with Crippen LogP contribution in [0.25, 0.3) is 11.1 Å². The van der Waals surface area contributed by atoms with Crippen molar-refractivity contribution in [2.75, 3.05) is 25.0 Å². The first-order chi connectivity index (χ1) is 13.7. The fourth-order valence-corrected chi connectivity index (χ4v) is 3.65. The normalized spacial score (nSPS) is 17.4. The highest BCUT2D eigenvalue weighted by Gasteiger charge is 2.26. The van der Waals surface area contributed by atoms with Crippen molar-refractivity contribution in [2.24, 2.45) is 0 Å². The van der Waals surface area contributed by atoms with E-state index in [1.807, 2.05) is 18.3 Å². The van der Waals surface area contributed by atoms with Crippen LogP contribution >= 0.6 is 0 Å². The van der Waals surface area contributed by atoms with E-state index in [1.54, 1.807) is 31.7 Å². The Morgan fingerprint density at radius 3 is 2.96 bits per heavy atom. The Morgan fingerprint density at radius 1 is 1.32 bits per heavy atom. The number of rotatable bonds is 5.